The number of hydrogen-bond acceptors (Lipinski definition) is 4. The molecule has 0 aromatic heterocycles. The van der Waals surface area contributed by atoms with E-state index in [4.69, 9.17) is 15.5 Å². The molecule has 5 heteroatoms. The van der Waals surface area contributed by atoms with Gasteiger partial charge >= 0.3 is 6.09 Å². The Kier molecular flexibility index (Phi) is 4.15. The van der Waals surface area contributed by atoms with E-state index in [1.165, 1.54) is 6.42 Å². The van der Waals surface area contributed by atoms with Gasteiger partial charge in [-0.1, -0.05) is 6.42 Å². The smallest absolute Gasteiger partial charge is 0.407 e. The molecule has 0 aromatic rings. The van der Waals surface area contributed by atoms with Gasteiger partial charge in [0.1, 0.15) is 5.60 Å². The monoisotopic (exact) mass is 230 g/mol. The van der Waals surface area contributed by atoms with Crippen molar-refractivity contribution in [1.82, 2.24) is 5.32 Å². The summed E-state index contributed by atoms with van der Waals surface area (Å²) in [5, 5.41) is 2.77. The first-order chi connectivity index (χ1) is 7.37. The molecule has 0 saturated heterocycles. The Labute approximate surface area is 96.6 Å². The van der Waals surface area contributed by atoms with Gasteiger partial charge in [0, 0.05) is 12.0 Å². The van der Waals surface area contributed by atoms with Crippen LogP contribution in [0.15, 0.2) is 0 Å². The Morgan fingerprint density at radius 3 is 2.44 bits per heavy atom. The molecule has 0 aliphatic heterocycles. The van der Waals surface area contributed by atoms with E-state index in [2.05, 4.69) is 5.32 Å². The van der Waals surface area contributed by atoms with Crippen LogP contribution in [0.4, 0.5) is 4.79 Å². The van der Waals surface area contributed by atoms with Crippen LogP contribution in [0.2, 0.25) is 0 Å². The highest BCUT2D eigenvalue weighted by molar-refractivity contribution is 5.67. The second-order valence-electron chi connectivity index (χ2n) is 5.52. The van der Waals surface area contributed by atoms with Gasteiger partial charge in [-0.25, -0.2) is 10.7 Å². The third-order valence-corrected chi connectivity index (χ3v) is 2.81. The largest absolute Gasteiger partial charge is 0.444 e. The number of hydrogen-bond donors (Lipinski definition) is 2. The molecule has 0 atom stereocenters. The second-order valence-corrected chi connectivity index (χ2v) is 5.52. The van der Waals surface area contributed by atoms with Crippen molar-refractivity contribution < 1.29 is 14.4 Å². The zero-order valence-electron chi connectivity index (χ0n) is 10.3. The standard InChI is InChI=1S/C11H22N2O3/c1-10(2,3)16-9(14)13-7-11(8-15-12)5-4-6-11/h4-8,12H2,1-3H3,(H,13,14). The first-order valence-corrected chi connectivity index (χ1v) is 5.65. The molecule has 1 amide bonds. The van der Waals surface area contributed by atoms with E-state index < -0.39 is 5.60 Å². The summed E-state index contributed by atoms with van der Waals surface area (Å²) in [5.74, 6) is 5.09. The lowest BCUT2D eigenvalue weighted by Gasteiger charge is -2.41. The fraction of sp³-hybridized carbons (Fsp3) is 0.909. The first-order valence-electron chi connectivity index (χ1n) is 5.65. The van der Waals surface area contributed by atoms with Crippen molar-refractivity contribution in [3.63, 3.8) is 0 Å². The van der Waals surface area contributed by atoms with Crippen molar-refractivity contribution in [3.8, 4) is 0 Å². The molecule has 0 aromatic carbocycles. The summed E-state index contributed by atoms with van der Waals surface area (Å²) in [6, 6.07) is 0. The molecule has 0 radical (unpaired) electrons. The van der Waals surface area contributed by atoms with Crippen molar-refractivity contribution in [2.45, 2.75) is 45.6 Å². The molecule has 16 heavy (non-hydrogen) atoms. The van der Waals surface area contributed by atoms with E-state index in [1.807, 2.05) is 20.8 Å². The summed E-state index contributed by atoms with van der Waals surface area (Å²) in [4.78, 5) is 16.1. The summed E-state index contributed by atoms with van der Waals surface area (Å²) < 4.78 is 5.16. The minimum atomic E-state index is -0.457. The minimum absolute atomic E-state index is 0.0195. The van der Waals surface area contributed by atoms with E-state index in [-0.39, 0.29) is 11.5 Å². The van der Waals surface area contributed by atoms with Crippen LogP contribution in [0.25, 0.3) is 0 Å². The first kappa shape index (κ1) is 13.3. The van der Waals surface area contributed by atoms with Crippen molar-refractivity contribution in [1.29, 1.82) is 0 Å². The topological polar surface area (TPSA) is 73.6 Å². The Morgan fingerprint density at radius 1 is 1.44 bits per heavy atom. The summed E-state index contributed by atoms with van der Waals surface area (Å²) in [6.07, 6.45) is 2.87. The molecular weight excluding hydrogens is 208 g/mol. The van der Waals surface area contributed by atoms with Crippen LogP contribution in [0, 0.1) is 5.41 Å². The number of carbonyl (C=O) groups excluding carboxylic acids is 1. The van der Waals surface area contributed by atoms with Gasteiger partial charge in [-0.05, 0) is 33.6 Å². The predicted molar refractivity (Wildman–Crippen MR) is 60.7 cm³/mol. The van der Waals surface area contributed by atoms with Crippen LogP contribution in [0.1, 0.15) is 40.0 Å². The van der Waals surface area contributed by atoms with E-state index in [9.17, 15) is 4.79 Å². The number of alkyl carbamates (subject to hydrolysis) is 1. The van der Waals surface area contributed by atoms with Gasteiger partial charge in [-0.15, -0.1) is 0 Å². The summed E-state index contributed by atoms with van der Waals surface area (Å²) >= 11 is 0. The van der Waals surface area contributed by atoms with Gasteiger partial charge < -0.3 is 14.9 Å². The summed E-state index contributed by atoms with van der Waals surface area (Å²) in [7, 11) is 0. The lowest BCUT2D eigenvalue weighted by atomic mass is 9.69. The maximum absolute atomic E-state index is 11.4. The highest BCUT2D eigenvalue weighted by Gasteiger charge is 2.37. The van der Waals surface area contributed by atoms with Crippen LogP contribution < -0.4 is 11.2 Å². The molecule has 5 nitrogen and oxygen atoms in total. The predicted octanol–water partition coefficient (Wildman–Crippen LogP) is 1.57. The third-order valence-electron chi connectivity index (χ3n) is 2.81. The Hall–Kier alpha value is -0.810. The highest BCUT2D eigenvalue weighted by atomic mass is 16.6. The average molecular weight is 230 g/mol. The maximum Gasteiger partial charge on any atom is 0.407 e. The second kappa shape index (κ2) is 5.01. The third kappa shape index (κ3) is 3.98. The van der Waals surface area contributed by atoms with Gasteiger partial charge in [0.15, 0.2) is 0 Å². The number of carbonyl (C=O) groups is 1. The lowest BCUT2D eigenvalue weighted by molar-refractivity contribution is -0.00980. The molecule has 3 N–H and O–H groups in total. The Bertz CT molecular complexity index is 244. The molecule has 0 spiro atoms. The van der Waals surface area contributed by atoms with Crippen LogP contribution in [0.5, 0.6) is 0 Å². The maximum atomic E-state index is 11.4. The van der Waals surface area contributed by atoms with Crippen LogP contribution >= 0.6 is 0 Å². The molecule has 1 aliphatic rings. The van der Waals surface area contributed by atoms with Gasteiger partial charge in [0.05, 0.1) is 6.61 Å². The van der Waals surface area contributed by atoms with E-state index >= 15 is 0 Å². The number of amides is 1. The fourth-order valence-corrected chi connectivity index (χ4v) is 1.80. The Balaban J connectivity index is 2.30. The van der Waals surface area contributed by atoms with Crippen molar-refractivity contribution in [2.75, 3.05) is 13.2 Å². The summed E-state index contributed by atoms with van der Waals surface area (Å²) in [5.41, 5.74) is -0.438. The highest BCUT2D eigenvalue weighted by Crippen LogP contribution is 2.40. The average Bonchev–Trinajstić information content (AvgIpc) is 2.06. The molecule has 94 valence electrons. The molecule has 0 heterocycles. The Morgan fingerprint density at radius 2 is 2.06 bits per heavy atom. The lowest BCUT2D eigenvalue weighted by Crippen LogP contribution is -2.46. The van der Waals surface area contributed by atoms with E-state index in [0.717, 1.165) is 12.8 Å². The van der Waals surface area contributed by atoms with E-state index in [0.29, 0.717) is 13.2 Å². The quantitative estimate of drug-likeness (QED) is 0.719. The molecule has 1 rings (SSSR count). The molecule has 0 bridgehead atoms. The molecule has 0 unspecified atom stereocenters. The van der Waals surface area contributed by atoms with Crippen LogP contribution in [-0.4, -0.2) is 24.8 Å². The molecule has 1 aliphatic carbocycles. The SMILES string of the molecule is CC(C)(C)OC(=O)NCC1(CON)CCC1. The van der Waals surface area contributed by atoms with Gasteiger partial charge in [-0.2, -0.15) is 0 Å². The minimum Gasteiger partial charge on any atom is -0.444 e. The zero-order chi connectivity index (χ0) is 12.2. The van der Waals surface area contributed by atoms with Crippen molar-refractivity contribution >= 4 is 6.09 Å². The van der Waals surface area contributed by atoms with E-state index in [1.54, 1.807) is 0 Å². The van der Waals surface area contributed by atoms with Gasteiger partial charge in [0.25, 0.3) is 0 Å². The number of rotatable bonds is 4. The molecular formula is C11H22N2O3. The van der Waals surface area contributed by atoms with Crippen LogP contribution in [0.3, 0.4) is 0 Å². The van der Waals surface area contributed by atoms with Gasteiger partial charge in [0.2, 0.25) is 0 Å². The summed E-state index contributed by atoms with van der Waals surface area (Å²) in [6.45, 7) is 6.58. The van der Waals surface area contributed by atoms with Gasteiger partial charge in [-0.3, -0.25) is 0 Å². The number of ether oxygens (including phenoxy) is 1. The normalized spacial score (nSPS) is 18.8. The zero-order valence-corrected chi connectivity index (χ0v) is 10.3. The van der Waals surface area contributed by atoms with Crippen molar-refractivity contribution in [3.05, 3.63) is 0 Å². The molecule has 1 saturated carbocycles. The van der Waals surface area contributed by atoms with Crippen molar-refractivity contribution in [2.24, 2.45) is 11.3 Å². The molecule has 1 fully saturated rings. The number of nitrogens with two attached hydrogens (primary N) is 1. The van der Waals surface area contributed by atoms with Crippen LogP contribution in [-0.2, 0) is 9.57 Å². The fourth-order valence-electron chi connectivity index (χ4n) is 1.80. The number of nitrogens with one attached hydrogen (secondary N) is 1.